The van der Waals surface area contributed by atoms with E-state index in [-0.39, 0.29) is 12.1 Å². The summed E-state index contributed by atoms with van der Waals surface area (Å²) in [5.74, 6) is 0.983. The molecule has 3 N–H and O–H groups in total. The third-order valence-electron chi connectivity index (χ3n) is 4.75. The predicted octanol–water partition coefficient (Wildman–Crippen LogP) is 2.36. The molecule has 0 spiro atoms. The molecule has 2 amide bonds. The van der Waals surface area contributed by atoms with E-state index in [9.17, 15) is 4.79 Å². The maximum atomic E-state index is 12.4. The molecule has 27 heavy (non-hydrogen) atoms. The molecule has 1 saturated carbocycles. The number of amides is 2. The highest BCUT2D eigenvalue weighted by molar-refractivity contribution is 6.32. The Morgan fingerprint density at radius 2 is 2.19 bits per heavy atom. The first kappa shape index (κ1) is 17.8. The molecule has 2 aromatic heterocycles. The number of carbonyl (C=O) groups excluding carboxylic acids is 1. The molecular formula is C17H23ClN8O. The van der Waals surface area contributed by atoms with Gasteiger partial charge < -0.3 is 20.9 Å². The van der Waals surface area contributed by atoms with Crippen LogP contribution < -0.4 is 16.0 Å². The number of likely N-dealkylation sites (tertiary alicyclic amines) is 1. The molecule has 4 rings (SSSR count). The van der Waals surface area contributed by atoms with E-state index in [1.165, 1.54) is 0 Å². The fourth-order valence-corrected chi connectivity index (χ4v) is 3.34. The number of rotatable bonds is 6. The van der Waals surface area contributed by atoms with Crippen LogP contribution in [0.3, 0.4) is 0 Å². The van der Waals surface area contributed by atoms with Gasteiger partial charge in [0.2, 0.25) is 5.95 Å². The van der Waals surface area contributed by atoms with Gasteiger partial charge in [-0.25, -0.2) is 9.78 Å². The number of halogens is 1. The molecule has 0 bridgehead atoms. The lowest BCUT2D eigenvalue weighted by molar-refractivity contribution is 0.194. The largest absolute Gasteiger partial charge is 0.367 e. The average molecular weight is 391 g/mol. The van der Waals surface area contributed by atoms with Crippen LogP contribution in [0, 0.1) is 0 Å². The van der Waals surface area contributed by atoms with Crippen molar-refractivity contribution in [2.45, 2.75) is 37.8 Å². The van der Waals surface area contributed by atoms with Crippen molar-refractivity contribution < 1.29 is 4.79 Å². The Morgan fingerprint density at radius 1 is 1.33 bits per heavy atom. The molecule has 1 aliphatic heterocycles. The monoisotopic (exact) mass is 390 g/mol. The van der Waals surface area contributed by atoms with Crippen molar-refractivity contribution in [3.8, 4) is 0 Å². The summed E-state index contributed by atoms with van der Waals surface area (Å²) < 4.78 is 1.69. The van der Waals surface area contributed by atoms with Crippen LogP contribution in [-0.2, 0) is 7.05 Å². The second kappa shape index (κ2) is 7.59. The molecule has 9 nitrogen and oxygen atoms in total. The number of carbonyl (C=O) groups is 1. The van der Waals surface area contributed by atoms with Gasteiger partial charge in [0, 0.05) is 32.4 Å². The van der Waals surface area contributed by atoms with Gasteiger partial charge in [0.25, 0.3) is 0 Å². The summed E-state index contributed by atoms with van der Waals surface area (Å²) in [6.07, 6.45) is 9.24. The minimum Gasteiger partial charge on any atom is -0.367 e. The fraction of sp³-hybridized carbons (Fsp3) is 0.529. The fourth-order valence-electron chi connectivity index (χ4n) is 3.18. The highest BCUT2D eigenvalue weighted by Gasteiger charge is 2.32. The molecule has 144 valence electrons. The van der Waals surface area contributed by atoms with Gasteiger partial charge in [-0.3, -0.25) is 4.68 Å². The Bertz CT molecular complexity index is 821. The second-order valence-corrected chi connectivity index (χ2v) is 7.42. The first-order valence-corrected chi connectivity index (χ1v) is 9.55. The topological polar surface area (TPSA) is 100 Å². The lowest BCUT2D eigenvalue weighted by Gasteiger charge is -2.25. The van der Waals surface area contributed by atoms with Gasteiger partial charge in [-0.2, -0.15) is 10.1 Å². The summed E-state index contributed by atoms with van der Waals surface area (Å²) in [7, 11) is 1.84. The molecule has 0 unspecified atom stereocenters. The van der Waals surface area contributed by atoms with E-state index in [0.717, 1.165) is 37.9 Å². The van der Waals surface area contributed by atoms with Crippen molar-refractivity contribution in [3.05, 3.63) is 23.6 Å². The van der Waals surface area contributed by atoms with Crippen LogP contribution in [0.5, 0.6) is 0 Å². The summed E-state index contributed by atoms with van der Waals surface area (Å²) in [6.45, 7) is 1.39. The highest BCUT2D eigenvalue weighted by atomic mass is 35.5. The second-order valence-electron chi connectivity index (χ2n) is 7.01. The number of nitrogens with one attached hydrogen (secondary N) is 3. The maximum absolute atomic E-state index is 12.4. The SMILES string of the molecule is Cn1cc(Nc2ncc(Cl)c(NC[C@H]3CCCN3C(=O)NC3CC3)n2)cn1. The van der Waals surface area contributed by atoms with Crippen LogP contribution in [0.2, 0.25) is 5.02 Å². The van der Waals surface area contributed by atoms with E-state index >= 15 is 0 Å². The molecule has 10 heteroatoms. The van der Waals surface area contributed by atoms with Gasteiger partial charge >= 0.3 is 6.03 Å². The van der Waals surface area contributed by atoms with Crippen molar-refractivity contribution in [3.63, 3.8) is 0 Å². The minimum absolute atomic E-state index is 0.0366. The summed E-state index contributed by atoms with van der Waals surface area (Å²) in [5.41, 5.74) is 0.796. The third kappa shape index (κ3) is 4.41. The number of hydrogen-bond donors (Lipinski definition) is 3. The smallest absolute Gasteiger partial charge is 0.317 e. The zero-order valence-electron chi connectivity index (χ0n) is 15.2. The van der Waals surface area contributed by atoms with E-state index in [2.05, 4.69) is 31.0 Å². The van der Waals surface area contributed by atoms with Crippen LogP contribution in [0.4, 0.5) is 22.2 Å². The number of anilines is 3. The van der Waals surface area contributed by atoms with Gasteiger partial charge in [0.05, 0.1) is 24.1 Å². The van der Waals surface area contributed by atoms with Crippen LogP contribution in [0.15, 0.2) is 18.6 Å². The lowest BCUT2D eigenvalue weighted by atomic mass is 10.2. The molecule has 0 aromatic carbocycles. The van der Waals surface area contributed by atoms with E-state index in [0.29, 0.717) is 29.4 Å². The first-order chi connectivity index (χ1) is 13.1. The van der Waals surface area contributed by atoms with Gasteiger partial charge in [-0.15, -0.1) is 0 Å². The van der Waals surface area contributed by atoms with Crippen molar-refractivity contribution >= 4 is 35.1 Å². The molecule has 0 radical (unpaired) electrons. The van der Waals surface area contributed by atoms with Crippen LogP contribution in [0.1, 0.15) is 25.7 Å². The van der Waals surface area contributed by atoms with Crippen LogP contribution in [-0.4, -0.2) is 55.9 Å². The summed E-state index contributed by atoms with van der Waals surface area (Å²) in [4.78, 5) is 22.9. The predicted molar refractivity (Wildman–Crippen MR) is 103 cm³/mol. The zero-order valence-corrected chi connectivity index (χ0v) is 15.9. The number of hydrogen-bond acceptors (Lipinski definition) is 6. The molecule has 2 fully saturated rings. The summed E-state index contributed by atoms with van der Waals surface area (Å²) in [5, 5.41) is 14.0. The molecule has 2 aromatic rings. The van der Waals surface area contributed by atoms with Crippen molar-refractivity contribution in [2.75, 3.05) is 23.7 Å². The summed E-state index contributed by atoms with van der Waals surface area (Å²) in [6, 6.07) is 0.531. The minimum atomic E-state index is 0.0366. The zero-order chi connectivity index (χ0) is 18.8. The van der Waals surface area contributed by atoms with Gasteiger partial charge in [-0.05, 0) is 25.7 Å². The number of aryl methyl sites for hydroxylation is 1. The van der Waals surface area contributed by atoms with E-state index in [1.54, 1.807) is 17.1 Å². The Kier molecular flexibility index (Phi) is 5.02. The standard InChI is InChI=1S/C17H23ClN8O/c1-25-10-12(7-21-25)22-16-20-9-14(18)15(24-16)19-8-13-3-2-6-26(13)17(27)23-11-4-5-11/h7,9-11,13H,2-6,8H2,1H3,(H,23,27)(H2,19,20,22,24)/t13-/m1/s1. The molecule has 1 saturated heterocycles. The molecule has 3 heterocycles. The van der Waals surface area contributed by atoms with E-state index < -0.39 is 0 Å². The number of nitrogens with zero attached hydrogens (tertiary/aromatic N) is 5. The Balaban J connectivity index is 1.38. The normalized spacial score (nSPS) is 19.2. The average Bonchev–Trinajstić information content (AvgIpc) is 3.16. The Hall–Kier alpha value is -2.55. The highest BCUT2D eigenvalue weighted by Crippen LogP contribution is 2.24. The molecular weight excluding hydrogens is 368 g/mol. The molecule has 2 aliphatic rings. The quantitative estimate of drug-likeness (QED) is 0.700. The van der Waals surface area contributed by atoms with Crippen molar-refractivity contribution in [1.29, 1.82) is 0 Å². The van der Waals surface area contributed by atoms with E-state index in [4.69, 9.17) is 11.6 Å². The number of urea groups is 1. The van der Waals surface area contributed by atoms with Crippen molar-refractivity contribution in [1.82, 2.24) is 30.0 Å². The molecule has 1 aliphatic carbocycles. The van der Waals surface area contributed by atoms with Gasteiger partial charge in [0.15, 0.2) is 5.82 Å². The van der Waals surface area contributed by atoms with E-state index in [1.807, 2.05) is 18.1 Å². The van der Waals surface area contributed by atoms with Crippen LogP contribution in [0.25, 0.3) is 0 Å². The Labute approximate surface area is 162 Å². The van der Waals surface area contributed by atoms with Crippen LogP contribution >= 0.6 is 11.6 Å². The third-order valence-corrected chi connectivity index (χ3v) is 5.03. The van der Waals surface area contributed by atoms with Gasteiger partial charge in [0.1, 0.15) is 5.02 Å². The number of aromatic nitrogens is 4. The first-order valence-electron chi connectivity index (χ1n) is 9.18. The summed E-state index contributed by atoms with van der Waals surface area (Å²) >= 11 is 6.24. The van der Waals surface area contributed by atoms with Crippen molar-refractivity contribution in [2.24, 2.45) is 7.05 Å². The molecule has 1 atom stereocenters. The maximum Gasteiger partial charge on any atom is 0.317 e. The Morgan fingerprint density at radius 3 is 2.93 bits per heavy atom. The van der Waals surface area contributed by atoms with Gasteiger partial charge in [-0.1, -0.05) is 11.6 Å². The lowest BCUT2D eigenvalue weighted by Crippen LogP contribution is -2.46.